The van der Waals surface area contributed by atoms with Crippen LogP contribution in [-0.2, 0) is 6.42 Å². The second-order valence-electron chi connectivity index (χ2n) is 7.74. The number of likely N-dealkylation sites (N-methyl/N-ethyl adjacent to an activating group) is 1. The topological polar surface area (TPSA) is 74.6 Å². The lowest BCUT2D eigenvalue weighted by molar-refractivity contribution is 0.0933. The molecule has 0 saturated heterocycles. The summed E-state index contributed by atoms with van der Waals surface area (Å²) in [6.07, 6.45) is 2.31. The fourth-order valence-electron chi connectivity index (χ4n) is 3.76. The molecule has 0 saturated carbocycles. The molecule has 6 nitrogen and oxygen atoms in total. The molecule has 2 N–H and O–H groups in total. The Kier molecular flexibility index (Phi) is 8.22. The Morgan fingerprint density at radius 3 is 2.38 bits per heavy atom. The van der Waals surface area contributed by atoms with Crippen LogP contribution in [0.25, 0.3) is 0 Å². The smallest absolute Gasteiger partial charge is 0.291 e. The summed E-state index contributed by atoms with van der Waals surface area (Å²) < 4.78 is 5.15. The second-order valence-corrected chi connectivity index (χ2v) is 7.74. The van der Waals surface area contributed by atoms with Crippen LogP contribution in [0.1, 0.15) is 45.9 Å². The van der Waals surface area contributed by atoms with E-state index in [0.717, 1.165) is 25.1 Å². The van der Waals surface area contributed by atoms with Crippen LogP contribution in [0.4, 0.5) is 5.69 Å². The number of aryl methyl sites for hydroxylation is 1. The van der Waals surface area contributed by atoms with E-state index in [-0.39, 0.29) is 23.6 Å². The SMILES string of the molecule is CCN(CC)C(CNC(=O)c1ccc(C)c(NC(=O)c2ccco2)c1)Cc1ccccc1. The molecule has 0 aliphatic carbocycles. The summed E-state index contributed by atoms with van der Waals surface area (Å²) >= 11 is 0. The quantitative estimate of drug-likeness (QED) is 0.493. The maximum atomic E-state index is 12.9. The van der Waals surface area contributed by atoms with Crippen molar-refractivity contribution >= 4 is 17.5 Å². The van der Waals surface area contributed by atoms with Crippen molar-refractivity contribution in [1.29, 1.82) is 0 Å². The van der Waals surface area contributed by atoms with E-state index < -0.39 is 0 Å². The molecular formula is C26H31N3O3. The van der Waals surface area contributed by atoms with Crippen LogP contribution in [0.3, 0.4) is 0 Å². The summed E-state index contributed by atoms with van der Waals surface area (Å²) in [4.78, 5) is 27.6. The highest BCUT2D eigenvalue weighted by atomic mass is 16.3. The highest BCUT2D eigenvalue weighted by molar-refractivity contribution is 6.03. The standard InChI is InChI=1S/C26H31N3O3/c1-4-29(5-2)22(16-20-10-7-6-8-11-20)18-27-25(30)21-14-13-19(3)23(17-21)28-26(31)24-12-9-15-32-24/h6-15,17,22H,4-5,16,18H2,1-3H3,(H,27,30)(H,28,31). The number of nitrogens with one attached hydrogen (secondary N) is 2. The zero-order valence-electron chi connectivity index (χ0n) is 18.9. The normalized spacial score (nSPS) is 11.9. The van der Waals surface area contributed by atoms with Crippen molar-refractivity contribution in [1.82, 2.24) is 10.2 Å². The first-order valence-electron chi connectivity index (χ1n) is 11.0. The van der Waals surface area contributed by atoms with Crippen molar-refractivity contribution in [3.05, 3.63) is 89.4 Å². The van der Waals surface area contributed by atoms with Gasteiger partial charge in [0.25, 0.3) is 11.8 Å². The van der Waals surface area contributed by atoms with Gasteiger partial charge in [0.15, 0.2) is 5.76 Å². The maximum absolute atomic E-state index is 12.9. The fraction of sp³-hybridized carbons (Fsp3) is 0.308. The van der Waals surface area contributed by atoms with E-state index in [1.54, 1.807) is 24.3 Å². The summed E-state index contributed by atoms with van der Waals surface area (Å²) in [5.41, 5.74) is 3.20. The Bertz CT molecular complexity index is 1010. The Morgan fingerprint density at radius 2 is 1.72 bits per heavy atom. The number of furan rings is 1. The predicted octanol–water partition coefficient (Wildman–Crippen LogP) is 4.52. The van der Waals surface area contributed by atoms with Gasteiger partial charge in [-0.3, -0.25) is 14.5 Å². The van der Waals surface area contributed by atoms with Crippen molar-refractivity contribution in [2.45, 2.75) is 33.2 Å². The summed E-state index contributed by atoms with van der Waals surface area (Å²) in [6, 6.07) is 19.1. The number of amides is 2. The zero-order chi connectivity index (χ0) is 22.9. The van der Waals surface area contributed by atoms with Crippen molar-refractivity contribution in [2.75, 3.05) is 25.0 Å². The minimum absolute atomic E-state index is 0.163. The van der Waals surface area contributed by atoms with Gasteiger partial charge in [0.05, 0.1) is 6.26 Å². The van der Waals surface area contributed by atoms with Gasteiger partial charge in [0, 0.05) is 23.8 Å². The number of benzene rings is 2. The van der Waals surface area contributed by atoms with Crippen LogP contribution in [0.2, 0.25) is 0 Å². The van der Waals surface area contributed by atoms with Crippen LogP contribution >= 0.6 is 0 Å². The minimum Gasteiger partial charge on any atom is -0.459 e. The molecule has 168 valence electrons. The zero-order valence-corrected chi connectivity index (χ0v) is 18.9. The lowest BCUT2D eigenvalue weighted by Crippen LogP contribution is -2.45. The maximum Gasteiger partial charge on any atom is 0.291 e. The number of hydrogen-bond donors (Lipinski definition) is 2. The molecule has 0 fully saturated rings. The lowest BCUT2D eigenvalue weighted by Gasteiger charge is -2.30. The number of anilines is 1. The number of hydrogen-bond acceptors (Lipinski definition) is 4. The molecule has 6 heteroatoms. The molecule has 2 aromatic carbocycles. The first-order valence-corrected chi connectivity index (χ1v) is 11.0. The van der Waals surface area contributed by atoms with Crippen molar-refractivity contribution in [2.24, 2.45) is 0 Å². The third-order valence-corrected chi connectivity index (χ3v) is 5.63. The van der Waals surface area contributed by atoms with E-state index in [4.69, 9.17) is 4.42 Å². The van der Waals surface area contributed by atoms with Crippen LogP contribution in [0.15, 0.2) is 71.3 Å². The lowest BCUT2D eigenvalue weighted by atomic mass is 10.0. The largest absolute Gasteiger partial charge is 0.459 e. The molecule has 3 rings (SSSR count). The second kappa shape index (κ2) is 11.3. The average molecular weight is 434 g/mol. The van der Waals surface area contributed by atoms with Gasteiger partial charge in [-0.15, -0.1) is 0 Å². The first-order chi connectivity index (χ1) is 15.5. The van der Waals surface area contributed by atoms with Gasteiger partial charge in [0.2, 0.25) is 0 Å². The highest BCUT2D eigenvalue weighted by Crippen LogP contribution is 2.18. The predicted molar refractivity (Wildman–Crippen MR) is 127 cm³/mol. The third kappa shape index (κ3) is 6.08. The molecule has 0 bridgehead atoms. The Labute approximate surface area is 189 Å². The van der Waals surface area contributed by atoms with E-state index in [0.29, 0.717) is 17.8 Å². The molecule has 1 atom stereocenters. The monoisotopic (exact) mass is 433 g/mol. The summed E-state index contributed by atoms with van der Waals surface area (Å²) in [5, 5.41) is 5.91. The molecule has 1 unspecified atom stereocenters. The number of rotatable bonds is 10. The van der Waals surface area contributed by atoms with Gasteiger partial charge in [0.1, 0.15) is 0 Å². The number of carbonyl (C=O) groups is 2. The van der Waals surface area contributed by atoms with E-state index >= 15 is 0 Å². The first kappa shape index (κ1) is 23.3. The van der Waals surface area contributed by atoms with Crippen LogP contribution in [0.5, 0.6) is 0 Å². The molecule has 0 aliphatic rings. The Hall–Kier alpha value is -3.38. The molecule has 0 aliphatic heterocycles. The summed E-state index contributed by atoms with van der Waals surface area (Å²) in [6.45, 7) is 8.52. The highest BCUT2D eigenvalue weighted by Gasteiger charge is 2.19. The van der Waals surface area contributed by atoms with Crippen molar-refractivity contribution in [3.63, 3.8) is 0 Å². The Balaban J connectivity index is 1.68. The van der Waals surface area contributed by atoms with Crippen LogP contribution in [-0.4, -0.2) is 42.4 Å². The molecule has 32 heavy (non-hydrogen) atoms. The molecule has 0 radical (unpaired) electrons. The molecule has 1 aromatic heterocycles. The summed E-state index contributed by atoms with van der Waals surface area (Å²) in [7, 11) is 0. The van der Waals surface area contributed by atoms with Crippen molar-refractivity contribution in [3.8, 4) is 0 Å². The molecule has 2 amide bonds. The van der Waals surface area contributed by atoms with Gasteiger partial charge in [-0.25, -0.2) is 0 Å². The molecule has 0 spiro atoms. The van der Waals surface area contributed by atoms with Gasteiger partial charge in [-0.2, -0.15) is 0 Å². The average Bonchev–Trinajstić information content (AvgIpc) is 3.35. The number of carbonyl (C=O) groups excluding carboxylic acids is 2. The third-order valence-electron chi connectivity index (χ3n) is 5.63. The van der Waals surface area contributed by atoms with Crippen molar-refractivity contribution < 1.29 is 14.0 Å². The number of nitrogens with zero attached hydrogens (tertiary/aromatic N) is 1. The molecular weight excluding hydrogens is 402 g/mol. The van der Waals surface area contributed by atoms with Crippen LogP contribution < -0.4 is 10.6 Å². The minimum atomic E-state index is -0.347. The molecule has 1 heterocycles. The fourth-order valence-corrected chi connectivity index (χ4v) is 3.76. The molecule has 3 aromatic rings. The van der Waals surface area contributed by atoms with E-state index in [9.17, 15) is 9.59 Å². The van der Waals surface area contributed by atoms with Gasteiger partial charge in [-0.1, -0.05) is 50.2 Å². The van der Waals surface area contributed by atoms with Crippen LogP contribution in [0, 0.1) is 6.92 Å². The van der Waals surface area contributed by atoms with E-state index in [1.807, 2.05) is 31.2 Å². The summed E-state index contributed by atoms with van der Waals surface area (Å²) in [5.74, 6) is -0.286. The van der Waals surface area contributed by atoms with Gasteiger partial charge < -0.3 is 15.1 Å². The van der Waals surface area contributed by atoms with E-state index in [2.05, 4.69) is 41.5 Å². The van der Waals surface area contributed by atoms with Gasteiger partial charge >= 0.3 is 0 Å². The Morgan fingerprint density at radius 1 is 0.969 bits per heavy atom. The van der Waals surface area contributed by atoms with Gasteiger partial charge in [-0.05, 0) is 61.8 Å². The van der Waals surface area contributed by atoms with E-state index in [1.165, 1.54) is 11.8 Å².